The van der Waals surface area contributed by atoms with E-state index in [0.717, 1.165) is 37.9 Å². The number of likely N-dealkylation sites (tertiary alicyclic amines) is 1. The van der Waals surface area contributed by atoms with Crippen LogP contribution in [0.5, 0.6) is 0 Å². The zero-order valence-corrected chi connectivity index (χ0v) is 12.5. The molecule has 4 nitrogen and oxygen atoms in total. The van der Waals surface area contributed by atoms with Crippen molar-refractivity contribution in [3.63, 3.8) is 0 Å². The van der Waals surface area contributed by atoms with Gasteiger partial charge in [-0.3, -0.25) is 4.79 Å². The van der Waals surface area contributed by atoms with Crippen LogP contribution in [0, 0.1) is 5.82 Å². The third-order valence-electron chi connectivity index (χ3n) is 4.19. The highest BCUT2D eigenvalue weighted by Gasteiger charge is 2.29. The maximum atomic E-state index is 13.0. The van der Waals surface area contributed by atoms with Crippen molar-refractivity contribution in [1.82, 2.24) is 14.5 Å². The van der Waals surface area contributed by atoms with Crippen LogP contribution in [0.15, 0.2) is 43.0 Å². The van der Waals surface area contributed by atoms with Gasteiger partial charge in [0.15, 0.2) is 0 Å². The Bertz CT molecular complexity index is 609. The molecule has 0 bridgehead atoms. The minimum atomic E-state index is -0.236. The summed E-state index contributed by atoms with van der Waals surface area (Å²) in [4.78, 5) is 18.4. The molecule has 0 saturated carbocycles. The van der Waals surface area contributed by atoms with Gasteiger partial charge in [0.25, 0.3) is 0 Å². The number of hydrogen-bond acceptors (Lipinski definition) is 2. The molecular weight excluding hydrogens is 281 g/mol. The number of halogens is 1. The van der Waals surface area contributed by atoms with Gasteiger partial charge in [-0.2, -0.15) is 0 Å². The van der Waals surface area contributed by atoms with Gasteiger partial charge in [0.05, 0.1) is 12.4 Å². The SMILES string of the molecule is O=C(CCCn1ccnc1)N1CCC[C@H]1c1ccc(F)cc1. The molecule has 0 radical (unpaired) electrons. The van der Waals surface area contributed by atoms with Crippen LogP contribution in [0.2, 0.25) is 0 Å². The Hall–Kier alpha value is -2.17. The fourth-order valence-electron chi connectivity index (χ4n) is 3.07. The lowest BCUT2D eigenvalue weighted by molar-refractivity contribution is -0.132. The van der Waals surface area contributed by atoms with Gasteiger partial charge in [0, 0.05) is 31.9 Å². The molecule has 2 aromatic rings. The highest BCUT2D eigenvalue weighted by molar-refractivity contribution is 5.77. The highest BCUT2D eigenvalue weighted by atomic mass is 19.1. The summed E-state index contributed by atoms with van der Waals surface area (Å²) in [6.45, 7) is 1.60. The first-order valence-corrected chi connectivity index (χ1v) is 7.75. The van der Waals surface area contributed by atoms with Gasteiger partial charge in [-0.25, -0.2) is 9.37 Å². The van der Waals surface area contributed by atoms with Crippen molar-refractivity contribution in [2.45, 2.75) is 38.3 Å². The molecule has 1 aliphatic heterocycles. The van der Waals surface area contributed by atoms with Crippen molar-refractivity contribution in [2.75, 3.05) is 6.54 Å². The molecule has 1 atom stereocenters. The molecule has 0 N–H and O–H groups in total. The van der Waals surface area contributed by atoms with Gasteiger partial charge in [0.1, 0.15) is 5.82 Å². The third-order valence-corrected chi connectivity index (χ3v) is 4.19. The van der Waals surface area contributed by atoms with E-state index < -0.39 is 0 Å². The quantitative estimate of drug-likeness (QED) is 0.851. The normalized spacial score (nSPS) is 17.9. The standard InChI is InChI=1S/C17H20FN3O/c18-15-7-5-14(6-8-15)16-3-1-11-21(16)17(22)4-2-10-20-12-9-19-13-20/h5-9,12-13,16H,1-4,10-11H2/t16-/m0/s1. The molecule has 3 rings (SSSR count). The van der Waals surface area contributed by atoms with Crippen LogP contribution < -0.4 is 0 Å². The molecule has 116 valence electrons. The smallest absolute Gasteiger partial charge is 0.223 e. The Labute approximate surface area is 129 Å². The number of carbonyl (C=O) groups excluding carboxylic acids is 1. The molecule has 1 aromatic heterocycles. The first kappa shape index (κ1) is 14.8. The summed E-state index contributed by atoms with van der Waals surface area (Å²) < 4.78 is 15.0. The van der Waals surface area contributed by atoms with Crippen LogP contribution in [-0.2, 0) is 11.3 Å². The number of hydrogen-bond donors (Lipinski definition) is 0. The van der Waals surface area contributed by atoms with Crippen molar-refractivity contribution in [3.05, 3.63) is 54.4 Å². The summed E-state index contributed by atoms with van der Waals surface area (Å²) in [5.74, 6) is -0.0492. The fraction of sp³-hybridized carbons (Fsp3) is 0.412. The fourth-order valence-corrected chi connectivity index (χ4v) is 3.07. The van der Waals surface area contributed by atoms with E-state index in [1.165, 1.54) is 12.1 Å². The van der Waals surface area contributed by atoms with Crippen LogP contribution >= 0.6 is 0 Å². The van der Waals surface area contributed by atoms with Crippen LogP contribution in [0.1, 0.15) is 37.3 Å². The number of aromatic nitrogens is 2. The van der Waals surface area contributed by atoms with Crippen LogP contribution in [0.3, 0.4) is 0 Å². The van der Waals surface area contributed by atoms with Crippen molar-refractivity contribution < 1.29 is 9.18 Å². The number of carbonyl (C=O) groups is 1. The maximum absolute atomic E-state index is 13.0. The second-order valence-corrected chi connectivity index (χ2v) is 5.70. The maximum Gasteiger partial charge on any atom is 0.223 e. The molecule has 5 heteroatoms. The first-order chi connectivity index (χ1) is 10.7. The Kier molecular flexibility index (Phi) is 4.51. The zero-order valence-electron chi connectivity index (χ0n) is 12.5. The molecule has 0 spiro atoms. The first-order valence-electron chi connectivity index (χ1n) is 7.75. The predicted octanol–water partition coefficient (Wildman–Crippen LogP) is 3.17. The van der Waals surface area contributed by atoms with E-state index in [1.54, 1.807) is 24.7 Å². The molecule has 2 heterocycles. The van der Waals surface area contributed by atoms with E-state index in [-0.39, 0.29) is 17.8 Å². The van der Waals surface area contributed by atoms with E-state index in [2.05, 4.69) is 4.98 Å². The van der Waals surface area contributed by atoms with Crippen molar-refractivity contribution in [1.29, 1.82) is 0 Å². The van der Waals surface area contributed by atoms with E-state index >= 15 is 0 Å². The average molecular weight is 301 g/mol. The lowest BCUT2D eigenvalue weighted by atomic mass is 10.0. The Morgan fingerprint density at radius 3 is 2.86 bits per heavy atom. The van der Waals surface area contributed by atoms with Gasteiger partial charge >= 0.3 is 0 Å². The molecule has 22 heavy (non-hydrogen) atoms. The zero-order chi connectivity index (χ0) is 15.4. The van der Waals surface area contributed by atoms with Gasteiger partial charge in [-0.15, -0.1) is 0 Å². The Morgan fingerprint density at radius 1 is 1.32 bits per heavy atom. The summed E-state index contributed by atoms with van der Waals surface area (Å²) in [7, 11) is 0. The second-order valence-electron chi connectivity index (χ2n) is 5.70. The van der Waals surface area contributed by atoms with Gasteiger partial charge in [-0.1, -0.05) is 12.1 Å². The molecule has 0 unspecified atom stereocenters. The topological polar surface area (TPSA) is 38.1 Å². The van der Waals surface area contributed by atoms with Gasteiger partial charge in [-0.05, 0) is 37.0 Å². The molecule has 1 aliphatic rings. The summed E-state index contributed by atoms with van der Waals surface area (Å²) in [6.07, 6.45) is 8.72. The van der Waals surface area contributed by atoms with Crippen LogP contribution in [0.4, 0.5) is 4.39 Å². The minimum Gasteiger partial charge on any atom is -0.337 e. The molecule has 1 aromatic carbocycles. The molecule has 1 amide bonds. The van der Waals surface area contributed by atoms with Crippen LogP contribution in [-0.4, -0.2) is 26.9 Å². The van der Waals surface area contributed by atoms with Gasteiger partial charge < -0.3 is 9.47 Å². The lowest BCUT2D eigenvalue weighted by Gasteiger charge is -2.25. The van der Waals surface area contributed by atoms with E-state index in [4.69, 9.17) is 0 Å². The number of aryl methyl sites for hydroxylation is 1. The number of benzene rings is 1. The lowest BCUT2D eigenvalue weighted by Crippen LogP contribution is -2.30. The summed E-state index contributed by atoms with van der Waals surface area (Å²) in [6, 6.07) is 6.61. The predicted molar refractivity (Wildman–Crippen MR) is 81.5 cm³/mol. The monoisotopic (exact) mass is 301 g/mol. The minimum absolute atomic E-state index is 0.0985. The average Bonchev–Trinajstić information content (AvgIpc) is 3.19. The Morgan fingerprint density at radius 2 is 2.14 bits per heavy atom. The summed E-state index contributed by atoms with van der Waals surface area (Å²) in [5.41, 5.74) is 1.03. The molecule has 1 saturated heterocycles. The van der Waals surface area contributed by atoms with Crippen molar-refractivity contribution in [2.24, 2.45) is 0 Å². The molecule has 0 aliphatic carbocycles. The number of amides is 1. The summed E-state index contributed by atoms with van der Waals surface area (Å²) in [5, 5.41) is 0. The summed E-state index contributed by atoms with van der Waals surface area (Å²) >= 11 is 0. The van der Waals surface area contributed by atoms with Crippen molar-refractivity contribution >= 4 is 5.91 Å². The number of imidazole rings is 1. The highest BCUT2D eigenvalue weighted by Crippen LogP contribution is 2.32. The van der Waals surface area contributed by atoms with E-state index in [0.29, 0.717) is 6.42 Å². The van der Waals surface area contributed by atoms with E-state index in [1.807, 2.05) is 15.7 Å². The van der Waals surface area contributed by atoms with E-state index in [9.17, 15) is 9.18 Å². The Balaban J connectivity index is 1.57. The third kappa shape index (κ3) is 3.35. The molecule has 1 fully saturated rings. The number of nitrogens with zero attached hydrogens (tertiary/aromatic N) is 3. The van der Waals surface area contributed by atoms with Gasteiger partial charge in [0.2, 0.25) is 5.91 Å². The molecular formula is C17H20FN3O. The largest absolute Gasteiger partial charge is 0.337 e. The second kappa shape index (κ2) is 6.73. The van der Waals surface area contributed by atoms with Crippen molar-refractivity contribution in [3.8, 4) is 0 Å². The van der Waals surface area contributed by atoms with Crippen LogP contribution in [0.25, 0.3) is 0 Å². The number of rotatable bonds is 5.